The molecule has 0 spiro atoms. The summed E-state index contributed by atoms with van der Waals surface area (Å²) in [6, 6.07) is 6.50. The molecule has 1 aromatic carbocycles. The van der Waals surface area contributed by atoms with Crippen LogP contribution in [0, 0.1) is 0 Å². The lowest BCUT2D eigenvalue weighted by atomic mass is 10.0. The van der Waals surface area contributed by atoms with Gasteiger partial charge >= 0.3 is 0 Å². The van der Waals surface area contributed by atoms with Crippen molar-refractivity contribution in [1.82, 2.24) is 4.98 Å². The maximum Gasteiger partial charge on any atom is 0.0795 e. The van der Waals surface area contributed by atoms with Gasteiger partial charge in [0.15, 0.2) is 0 Å². The predicted octanol–water partition coefficient (Wildman–Crippen LogP) is 3.43. The van der Waals surface area contributed by atoms with Crippen molar-refractivity contribution in [3.8, 4) is 0 Å². The van der Waals surface area contributed by atoms with Gasteiger partial charge in [-0.25, -0.2) is 4.98 Å². The Morgan fingerprint density at radius 3 is 2.89 bits per heavy atom. The molecule has 1 heterocycles. The third-order valence-electron chi connectivity index (χ3n) is 2.88. The highest BCUT2D eigenvalue weighted by molar-refractivity contribution is 9.10. The van der Waals surface area contributed by atoms with Gasteiger partial charge in [0.05, 0.1) is 17.7 Å². The molecule has 2 rings (SSSR count). The van der Waals surface area contributed by atoms with Crippen molar-refractivity contribution in [1.29, 1.82) is 0 Å². The van der Waals surface area contributed by atoms with E-state index in [9.17, 15) is 0 Å². The molecular weight excluding hydrogens is 322 g/mol. The van der Waals surface area contributed by atoms with E-state index in [-0.39, 0.29) is 6.04 Å². The van der Waals surface area contributed by atoms with Crippen LogP contribution < -0.4 is 10.6 Å². The molecule has 0 amide bonds. The van der Waals surface area contributed by atoms with E-state index in [1.54, 1.807) is 11.3 Å². The van der Waals surface area contributed by atoms with Crippen molar-refractivity contribution in [2.75, 3.05) is 11.9 Å². The summed E-state index contributed by atoms with van der Waals surface area (Å²) in [6.07, 6.45) is 0.871. The summed E-state index contributed by atoms with van der Waals surface area (Å²) < 4.78 is 1.09. The van der Waals surface area contributed by atoms with Crippen molar-refractivity contribution in [3.05, 3.63) is 44.8 Å². The molecule has 1 unspecified atom stereocenters. The fraction of sp³-hybridized carbons (Fsp3) is 0.357. The molecule has 1 aromatic heterocycles. The van der Waals surface area contributed by atoms with E-state index in [2.05, 4.69) is 56.4 Å². The third-order valence-corrected chi connectivity index (χ3v) is 4.01. The van der Waals surface area contributed by atoms with Gasteiger partial charge in [-0.1, -0.05) is 15.9 Å². The lowest BCUT2D eigenvalue weighted by Gasteiger charge is -2.22. The van der Waals surface area contributed by atoms with Crippen molar-refractivity contribution < 1.29 is 0 Å². The van der Waals surface area contributed by atoms with Gasteiger partial charge < -0.3 is 10.6 Å². The Morgan fingerprint density at radius 1 is 1.47 bits per heavy atom. The van der Waals surface area contributed by atoms with Crippen LogP contribution in [0.25, 0.3) is 0 Å². The predicted molar refractivity (Wildman–Crippen MR) is 85.7 cm³/mol. The number of hydrogen-bond donors (Lipinski definition) is 1. The maximum absolute atomic E-state index is 5.94. The topological polar surface area (TPSA) is 42.1 Å². The highest BCUT2D eigenvalue weighted by Gasteiger charge is 2.11. The quantitative estimate of drug-likeness (QED) is 0.907. The number of hydrogen-bond acceptors (Lipinski definition) is 4. The van der Waals surface area contributed by atoms with Gasteiger partial charge in [0.25, 0.3) is 0 Å². The van der Waals surface area contributed by atoms with Crippen LogP contribution in [0.1, 0.15) is 18.2 Å². The second-order valence-corrected chi connectivity index (χ2v) is 6.42. The summed E-state index contributed by atoms with van der Waals surface area (Å²) in [5.41, 5.74) is 11.4. The van der Waals surface area contributed by atoms with Crippen LogP contribution >= 0.6 is 27.3 Å². The van der Waals surface area contributed by atoms with E-state index in [0.717, 1.165) is 23.1 Å². The molecule has 2 N–H and O–H groups in total. The van der Waals surface area contributed by atoms with Crippen LogP contribution in [0.2, 0.25) is 0 Å². The van der Waals surface area contributed by atoms with Crippen molar-refractivity contribution in [2.45, 2.75) is 25.9 Å². The van der Waals surface area contributed by atoms with E-state index in [1.807, 2.05) is 12.4 Å². The number of nitrogens with zero attached hydrogens (tertiary/aromatic N) is 2. The van der Waals surface area contributed by atoms with Gasteiger partial charge in [-0.2, -0.15) is 0 Å². The fourth-order valence-corrected chi connectivity index (χ4v) is 3.04. The molecule has 0 saturated carbocycles. The first-order valence-electron chi connectivity index (χ1n) is 6.18. The zero-order chi connectivity index (χ0) is 13.8. The molecular formula is C14H18BrN3S. The Kier molecular flexibility index (Phi) is 4.96. The van der Waals surface area contributed by atoms with Crippen LogP contribution in [0.15, 0.2) is 33.6 Å². The molecule has 0 aliphatic rings. The van der Waals surface area contributed by atoms with Gasteiger partial charge in [-0.15, -0.1) is 11.3 Å². The van der Waals surface area contributed by atoms with Gasteiger partial charge in [-0.05, 0) is 37.1 Å². The number of anilines is 1. The van der Waals surface area contributed by atoms with Gasteiger partial charge in [0, 0.05) is 28.6 Å². The summed E-state index contributed by atoms with van der Waals surface area (Å²) in [6.45, 7) is 2.85. The minimum Gasteiger partial charge on any atom is -0.368 e. The SMILES string of the molecule is CC(N)Cc1cc(Br)ccc1N(C)Cc1cscn1. The molecule has 3 nitrogen and oxygen atoms in total. The van der Waals surface area contributed by atoms with E-state index in [4.69, 9.17) is 5.73 Å². The van der Waals surface area contributed by atoms with Crippen LogP contribution in [-0.4, -0.2) is 18.1 Å². The molecule has 0 aliphatic heterocycles. The third kappa shape index (κ3) is 4.03. The first-order chi connectivity index (χ1) is 9.06. The minimum absolute atomic E-state index is 0.153. The summed E-state index contributed by atoms with van der Waals surface area (Å²) in [7, 11) is 2.09. The lowest BCUT2D eigenvalue weighted by molar-refractivity contribution is 0.733. The smallest absolute Gasteiger partial charge is 0.0795 e. The van der Waals surface area contributed by atoms with Gasteiger partial charge in [0.2, 0.25) is 0 Å². The second-order valence-electron chi connectivity index (χ2n) is 4.79. The first-order valence-corrected chi connectivity index (χ1v) is 7.92. The van der Waals surface area contributed by atoms with Crippen LogP contribution in [-0.2, 0) is 13.0 Å². The van der Waals surface area contributed by atoms with E-state index >= 15 is 0 Å². The molecule has 0 radical (unpaired) electrons. The Labute approximate surface area is 126 Å². The summed E-state index contributed by atoms with van der Waals surface area (Å²) in [5.74, 6) is 0. The average molecular weight is 340 g/mol. The monoisotopic (exact) mass is 339 g/mol. The standard InChI is InChI=1S/C14H18BrN3S/c1-10(16)5-11-6-12(15)3-4-14(11)18(2)7-13-8-19-9-17-13/h3-4,6,8-10H,5,7,16H2,1-2H3. The first kappa shape index (κ1) is 14.5. The molecule has 1 atom stereocenters. The van der Waals surface area contributed by atoms with Crippen LogP contribution in [0.3, 0.4) is 0 Å². The zero-order valence-corrected chi connectivity index (χ0v) is 13.5. The largest absolute Gasteiger partial charge is 0.368 e. The van der Waals surface area contributed by atoms with Gasteiger partial charge in [0.1, 0.15) is 0 Å². The number of thiazole rings is 1. The van der Waals surface area contributed by atoms with Gasteiger partial charge in [-0.3, -0.25) is 0 Å². The number of aromatic nitrogens is 1. The Hall–Kier alpha value is -0.910. The zero-order valence-electron chi connectivity index (χ0n) is 11.1. The molecule has 0 fully saturated rings. The summed E-state index contributed by atoms with van der Waals surface area (Å²) in [4.78, 5) is 6.55. The number of nitrogens with two attached hydrogens (primary N) is 1. The van der Waals surface area contributed by atoms with Crippen LogP contribution in [0.5, 0.6) is 0 Å². The second kappa shape index (κ2) is 6.50. The maximum atomic E-state index is 5.94. The highest BCUT2D eigenvalue weighted by atomic mass is 79.9. The summed E-state index contributed by atoms with van der Waals surface area (Å²) >= 11 is 5.15. The number of benzene rings is 1. The Balaban J connectivity index is 2.22. The Bertz CT molecular complexity index is 525. The number of rotatable bonds is 5. The Morgan fingerprint density at radius 2 is 2.26 bits per heavy atom. The van der Waals surface area contributed by atoms with E-state index in [0.29, 0.717) is 0 Å². The average Bonchev–Trinajstić information content (AvgIpc) is 2.80. The fourth-order valence-electron chi connectivity index (χ4n) is 2.08. The number of halogens is 1. The van der Waals surface area contributed by atoms with E-state index in [1.165, 1.54) is 11.3 Å². The molecule has 19 heavy (non-hydrogen) atoms. The highest BCUT2D eigenvalue weighted by Crippen LogP contribution is 2.26. The summed E-state index contributed by atoms with van der Waals surface area (Å²) in [5, 5.41) is 2.08. The molecule has 0 bridgehead atoms. The van der Waals surface area contributed by atoms with Crippen molar-refractivity contribution in [2.24, 2.45) is 5.73 Å². The van der Waals surface area contributed by atoms with E-state index < -0.39 is 0 Å². The van der Waals surface area contributed by atoms with Crippen molar-refractivity contribution in [3.63, 3.8) is 0 Å². The minimum atomic E-state index is 0.153. The molecule has 102 valence electrons. The molecule has 0 saturated heterocycles. The van der Waals surface area contributed by atoms with Crippen molar-refractivity contribution >= 4 is 33.0 Å². The molecule has 5 heteroatoms. The lowest BCUT2D eigenvalue weighted by Crippen LogP contribution is -2.22. The normalized spacial score (nSPS) is 12.4. The van der Waals surface area contributed by atoms with Crippen LogP contribution in [0.4, 0.5) is 5.69 Å². The molecule has 2 aromatic rings. The molecule has 0 aliphatic carbocycles.